The first kappa shape index (κ1) is 14.0. The maximum absolute atomic E-state index is 5.20. The molecule has 1 aromatic carbocycles. The van der Waals surface area contributed by atoms with E-state index in [0.717, 1.165) is 11.4 Å². The number of benzene rings is 1. The second kappa shape index (κ2) is 5.80. The third-order valence-corrected chi connectivity index (χ3v) is 4.23. The predicted molar refractivity (Wildman–Crippen MR) is 85.0 cm³/mol. The van der Waals surface area contributed by atoms with E-state index >= 15 is 0 Å². The van der Waals surface area contributed by atoms with E-state index in [4.69, 9.17) is 4.74 Å². The van der Waals surface area contributed by atoms with Crippen molar-refractivity contribution in [1.29, 1.82) is 0 Å². The monoisotopic (exact) mass is 285 g/mol. The van der Waals surface area contributed by atoms with Crippen LogP contribution >= 0.6 is 0 Å². The summed E-state index contributed by atoms with van der Waals surface area (Å²) in [5, 5.41) is 7.93. The number of hydrogen-bond donors (Lipinski definition) is 1. The molecule has 112 valence electrons. The Morgan fingerprint density at radius 1 is 1.24 bits per heavy atom. The summed E-state index contributed by atoms with van der Waals surface area (Å²) in [4.78, 5) is 0. The molecule has 1 saturated carbocycles. The van der Waals surface area contributed by atoms with Crippen LogP contribution in [0.2, 0.25) is 0 Å². The molecule has 4 heteroatoms. The molecule has 0 spiro atoms. The van der Waals surface area contributed by atoms with Crippen molar-refractivity contribution in [2.24, 2.45) is 0 Å². The zero-order valence-corrected chi connectivity index (χ0v) is 12.9. The van der Waals surface area contributed by atoms with Gasteiger partial charge in [-0.15, -0.1) is 0 Å². The lowest BCUT2D eigenvalue weighted by atomic mass is 9.76. The van der Waals surface area contributed by atoms with Gasteiger partial charge in [0.1, 0.15) is 5.75 Å². The molecule has 21 heavy (non-hydrogen) atoms. The summed E-state index contributed by atoms with van der Waals surface area (Å²) in [5.74, 6) is 1.59. The molecule has 0 aliphatic heterocycles. The number of ether oxygens (including phenoxy) is 1. The minimum Gasteiger partial charge on any atom is -0.497 e. The summed E-state index contributed by atoms with van der Waals surface area (Å²) >= 11 is 0. The summed E-state index contributed by atoms with van der Waals surface area (Å²) in [5.41, 5.74) is 2.54. The molecule has 0 amide bonds. The molecule has 4 nitrogen and oxygen atoms in total. The molecule has 1 aliphatic rings. The van der Waals surface area contributed by atoms with Crippen LogP contribution in [-0.2, 0) is 0 Å². The first-order chi connectivity index (χ1) is 10.2. The van der Waals surface area contributed by atoms with Crippen LogP contribution in [0.3, 0.4) is 0 Å². The van der Waals surface area contributed by atoms with Gasteiger partial charge in [-0.25, -0.2) is 0 Å². The molecule has 0 radical (unpaired) electrons. The fourth-order valence-electron chi connectivity index (χ4n) is 2.81. The summed E-state index contributed by atoms with van der Waals surface area (Å²) < 4.78 is 7.19. The molecule has 1 fully saturated rings. The molecule has 2 aromatic rings. The highest BCUT2D eigenvalue weighted by Crippen LogP contribution is 2.38. The van der Waals surface area contributed by atoms with Gasteiger partial charge in [0, 0.05) is 18.3 Å². The zero-order chi connectivity index (χ0) is 14.8. The number of hydrogen-bond acceptors (Lipinski definition) is 3. The Kier molecular flexibility index (Phi) is 3.86. The Balaban J connectivity index is 1.52. The molecule has 1 aromatic heterocycles. The number of anilines is 1. The first-order valence-corrected chi connectivity index (χ1v) is 7.60. The SMILES string of the molecule is COc1ccc(C2CC(Nc3cnn(C(C)C)c3)C2)cc1. The van der Waals surface area contributed by atoms with E-state index in [1.54, 1.807) is 7.11 Å². The molecule has 3 rings (SSSR count). The van der Waals surface area contributed by atoms with Crippen molar-refractivity contribution in [2.75, 3.05) is 12.4 Å². The lowest BCUT2D eigenvalue weighted by Gasteiger charge is -2.36. The molecule has 0 bridgehead atoms. The van der Waals surface area contributed by atoms with Gasteiger partial charge in [-0.3, -0.25) is 4.68 Å². The third kappa shape index (κ3) is 3.04. The van der Waals surface area contributed by atoms with E-state index in [9.17, 15) is 0 Å². The van der Waals surface area contributed by atoms with Gasteiger partial charge in [-0.2, -0.15) is 5.10 Å². The predicted octanol–water partition coefficient (Wildman–Crippen LogP) is 3.83. The Morgan fingerprint density at radius 2 is 1.95 bits per heavy atom. The highest BCUT2D eigenvalue weighted by Gasteiger charge is 2.30. The Hall–Kier alpha value is -1.97. The quantitative estimate of drug-likeness (QED) is 0.907. The number of nitrogens with zero attached hydrogens (tertiary/aromatic N) is 2. The van der Waals surface area contributed by atoms with E-state index in [1.165, 1.54) is 18.4 Å². The molecular formula is C17H23N3O. The van der Waals surface area contributed by atoms with Crippen LogP contribution in [0.25, 0.3) is 0 Å². The van der Waals surface area contributed by atoms with Gasteiger partial charge in [-0.05, 0) is 50.3 Å². The molecule has 1 aliphatic carbocycles. The van der Waals surface area contributed by atoms with Gasteiger partial charge in [0.2, 0.25) is 0 Å². The average Bonchev–Trinajstić information content (AvgIpc) is 2.91. The molecular weight excluding hydrogens is 262 g/mol. The van der Waals surface area contributed by atoms with Crippen LogP contribution in [0.15, 0.2) is 36.7 Å². The van der Waals surface area contributed by atoms with E-state index in [1.807, 2.05) is 23.0 Å². The van der Waals surface area contributed by atoms with Crippen molar-refractivity contribution in [3.63, 3.8) is 0 Å². The smallest absolute Gasteiger partial charge is 0.118 e. The largest absolute Gasteiger partial charge is 0.497 e. The minimum absolute atomic E-state index is 0.411. The van der Waals surface area contributed by atoms with Crippen LogP contribution in [0.4, 0.5) is 5.69 Å². The fraction of sp³-hybridized carbons (Fsp3) is 0.471. The summed E-state index contributed by atoms with van der Waals surface area (Å²) in [6, 6.07) is 9.41. The number of methoxy groups -OCH3 is 1. The van der Waals surface area contributed by atoms with Crippen molar-refractivity contribution in [2.45, 2.75) is 44.7 Å². The lowest BCUT2D eigenvalue weighted by Crippen LogP contribution is -2.33. The Labute approximate surface area is 126 Å². The highest BCUT2D eigenvalue weighted by molar-refractivity contribution is 5.41. The molecule has 0 atom stereocenters. The van der Waals surface area contributed by atoms with Gasteiger partial charge in [-0.1, -0.05) is 12.1 Å². The molecule has 1 N–H and O–H groups in total. The minimum atomic E-state index is 0.411. The van der Waals surface area contributed by atoms with Crippen LogP contribution in [0, 0.1) is 0 Å². The van der Waals surface area contributed by atoms with Gasteiger partial charge in [0.05, 0.1) is 19.0 Å². The number of nitrogens with one attached hydrogen (secondary N) is 1. The number of aromatic nitrogens is 2. The van der Waals surface area contributed by atoms with Crippen molar-refractivity contribution >= 4 is 5.69 Å². The summed E-state index contributed by atoms with van der Waals surface area (Å²) in [6.45, 7) is 4.28. The fourth-order valence-corrected chi connectivity index (χ4v) is 2.81. The van der Waals surface area contributed by atoms with Crippen LogP contribution in [0.5, 0.6) is 5.75 Å². The van der Waals surface area contributed by atoms with E-state index in [0.29, 0.717) is 18.0 Å². The van der Waals surface area contributed by atoms with Crippen molar-refractivity contribution in [1.82, 2.24) is 9.78 Å². The van der Waals surface area contributed by atoms with Crippen molar-refractivity contribution in [3.05, 3.63) is 42.2 Å². The van der Waals surface area contributed by atoms with Gasteiger partial charge < -0.3 is 10.1 Å². The van der Waals surface area contributed by atoms with E-state index in [2.05, 4.69) is 42.6 Å². The summed E-state index contributed by atoms with van der Waals surface area (Å²) in [7, 11) is 1.70. The highest BCUT2D eigenvalue weighted by atomic mass is 16.5. The Morgan fingerprint density at radius 3 is 2.52 bits per heavy atom. The van der Waals surface area contributed by atoms with Crippen LogP contribution in [0.1, 0.15) is 44.2 Å². The second-order valence-electron chi connectivity index (χ2n) is 6.09. The van der Waals surface area contributed by atoms with E-state index < -0.39 is 0 Å². The van der Waals surface area contributed by atoms with Crippen molar-refractivity contribution < 1.29 is 4.74 Å². The molecule has 0 saturated heterocycles. The lowest BCUT2D eigenvalue weighted by molar-refractivity contribution is 0.373. The van der Waals surface area contributed by atoms with Crippen LogP contribution in [-0.4, -0.2) is 22.9 Å². The molecule has 1 heterocycles. The van der Waals surface area contributed by atoms with Crippen LogP contribution < -0.4 is 10.1 Å². The first-order valence-electron chi connectivity index (χ1n) is 7.60. The maximum atomic E-state index is 5.20. The number of rotatable bonds is 5. The van der Waals surface area contributed by atoms with E-state index in [-0.39, 0.29) is 0 Å². The zero-order valence-electron chi connectivity index (χ0n) is 12.9. The molecule has 0 unspecified atom stereocenters. The van der Waals surface area contributed by atoms with Gasteiger partial charge in [0.15, 0.2) is 0 Å². The summed E-state index contributed by atoms with van der Waals surface area (Å²) in [6.07, 6.45) is 6.37. The average molecular weight is 285 g/mol. The van der Waals surface area contributed by atoms with Gasteiger partial charge in [0.25, 0.3) is 0 Å². The topological polar surface area (TPSA) is 39.1 Å². The van der Waals surface area contributed by atoms with Gasteiger partial charge >= 0.3 is 0 Å². The second-order valence-corrected chi connectivity index (χ2v) is 6.09. The normalized spacial score (nSPS) is 21.1. The van der Waals surface area contributed by atoms with Crippen molar-refractivity contribution in [3.8, 4) is 5.75 Å². The maximum Gasteiger partial charge on any atom is 0.118 e. The standard InChI is InChI=1S/C17H23N3O/c1-12(2)20-11-16(10-18-20)19-15-8-14(9-15)13-4-6-17(21-3)7-5-13/h4-7,10-12,14-15,19H,8-9H2,1-3H3. The third-order valence-electron chi connectivity index (χ3n) is 4.23. The Bertz CT molecular complexity index is 582.